The molecule has 4 nitrogen and oxygen atoms in total. The number of anilines is 1. The number of carboxylic acids is 1. The Balaban J connectivity index is 1.93. The van der Waals surface area contributed by atoms with E-state index in [9.17, 15) is 14.7 Å². The summed E-state index contributed by atoms with van der Waals surface area (Å²) >= 11 is 0. The molecule has 0 amide bonds. The molecule has 1 aromatic carbocycles. The molecule has 0 unspecified atom stereocenters. The van der Waals surface area contributed by atoms with Crippen LogP contribution in [0.1, 0.15) is 44.0 Å². The number of allylic oxidation sites excluding steroid dienone is 1. The number of para-hydroxylation sites is 1. The van der Waals surface area contributed by atoms with Gasteiger partial charge in [0.15, 0.2) is 5.78 Å². The number of benzene rings is 1. The fourth-order valence-corrected chi connectivity index (χ4v) is 4.04. The van der Waals surface area contributed by atoms with Crippen LogP contribution in [0.4, 0.5) is 5.69 Å². The summed E-state index contributed by atoms with van der Waals surface area (Å²) in [6.45, 7) is 6.35. The van der Waals surface area contributed by atoms with E-state index in [2.05, 4.69) is 19.2 Å². The molecule has 2 saturated carbocycles. The van der Waals surface area contributed by atoms with Gasteiger partial charge in [0.1, 0.15) is 0 Å². The average molecular weight is 298 g/mol. The van der Waals surface area contributed by atoms with E-state index < -0.39 is 5.97 Å². The Morgan fingerprint density at radius 3 is 2.59 bits per heavy atom. The van der Waals surface area contributed by atoms with Crippen LogP contribution in [-0.2, 0) is 4.79 Å². The Labute approximate surface area is 130 Å². The number of aromatic carboxylic acids is 1. The first kappa shape index (κ1) is 14.8. The minimum absolute atomic E-state index is 0.0501. The van der Waals surface area contributed by atoms with Gasteiger partial charge in [-0.1, -0.05) is 39.0 Å². The van der Waals surface area contributed by atoms with Crippen LogP contribution in [0.15, 0.2) is 36.0 Å². The first-order valence-electron chi connectivity index (χ1n) is 7.61. The smallest absolute Gasteiger partial charge is 0.167 e. The molecule has 2 fully saturated rings. The van der Waals surface area contributed by atoms with Crippen LogP contribution >= 0.6 is 0 Å². The van der Waals surface area contributed by atoms with Crippen molar-refractivity contribution < 1.29 is 14.7 Å². The number of carbonyl (C=O) groups excluding carboxylic acids is 2. The molecule has 0 aliphatic heterocycles. The number of fused-ring (bicyclic) bond motifs is 2. The molecule has 2 bridgehead atoms. The highest BCUT2D eigenvalue weighted by molar-refractivity contribution is 6.05. The number of ketones is 1. The molecule has 3 rings (SSSR count). The topological polar surface area (TPSA) is 69.2 Å². The van der Waals surface area contributed by atoms with Crippen LogP contribution in [0.2, 0.25) is 0 Å². The molecular formula is C18H20NO3-. The number of carboxylic acid groups (broad SMARTS) is 1. The highest BCUT2D eigenvalue weighted by atomic mass is 16.4. The highest BCUT2D eigenvalue weighted by Gasteiger charge is 2.63. The standard InChI is InChI=1S/C18H21NO3/c1-17(2)13-8-9-18(17,3)15(20)12(13)10-19-14-7-5-4-6-11(14)16(21)22/h4-7,10,13,19H,8-9H2,1-3H3,(H,21,22)/p-1/b12-10+/t13-,18-/m1/s1. The zero-order chi connectivity index (χ0) is 16.1. The Morgan fingerprint density at radius 2 is 2.00 bits per heavy atom. The maximum absolute atomic E-state index is 12.7. The van der Waals surface area contributed by atoms with E-state index in [0.717, 1.165) is 18.4 Å². The van der Waals surface area contributed by atoms with E-state index in [0.29, 0.717) is 5.69 Å². The molecule has 1 N–H and O–H groups in total. The Morgan fingerprint density at radius 1 is 1.32 bits per heavy atom. The van der Waals surface area contributed by atoms with Crippen LogP contribution < -0.4 is 10.4 Å². The quantitative estimate of drug-likeness (QED) is 0.870. The SMILES string of the molecule is CC1(C)[C@@H]2CC[C@]1(C)C(=O)/C2=C/Nc1ccccc1C(=O)[O-]. The summed E-state index contributed by atoms with van der Waals surface area (Å²) in [4.78, 5) is 23.8. The molecule has 4 heteroatoms. The molecule has 22 heavy (non-hydrogen) atoms. The van der Waals surface area contributed by atoms with Gasteiger partial charge in [0, 0.05) is 28.4 Å². The molecule has 0 spiro atoms. The number of hydrogen-bond acceptors (Lipinski definition) is 4. The van der Waals surface area contributed by atoms with Crippen LogP contribution in [0, 0.1) is 16.7 Å². The van der Waals surface area contributed by atoms with Gasteiger partial charge in [-0.25, -0.2) is 0 Å². The second-order valence-corrected chi connectivity index (χ2v) is 7.05. The molecule has 116 valence electrons. The molecule has 0 heterocycles. The minimum Gasteiger partial charge on any atom is -0.545 e. The molecular weight excluding hydrogens is 278 g/mol. The van der Waals surface area contributed by atoms with E-state index >= 15 is 0 Å². The van der Waals surface area contributed by atoms with Crippen molar-refractivity contribution in [3.05, 3.63) is 41.6 Å². The summed E-state index contributed by atoms with van der Waals surface area (Å²) in [5, 5.41) is 14.1. The largest absolute Gasteiger partial charge is 0.545 e. The van der Waals surface area contributed by atoms with Gasteiger partial charge in [-0.2, -0.15) is 0 Å². The molecule has 0 saturated heterocycles. The van der Waals surface area contributed by atoms with Crippen LogP contribution in [0.25, 0.3) is 0 Å². The summed E-state index contributed by atoms with van der Waals surface area (Å²) in [7, 11) is 0. The number of nitrogens with one attached hydrogen (secondary N) is 1. The summed E-state index contributed by atoms with van der Waals surface area (Å²) in [5.41, 5.74) is 0.978. The lowest BCUT2D eigenvalue weighted by Gasteiger charge is -2.31. The fraction of sp³-hybridized carbons (Fsp3) is 0.444. The molecule has 2 atom stereocenters. The van der Waals surface area contributed by atoms with Crippen LogP contribution in [0.3, 0.4) is 0 Å². The van der Waals surface area contributed by atoms with Gasteiger partial charge in [-0.15, -0.1) is 0 Å². The number of rotatable bonds is 3. The molecule has 0 radical (unpaired) electrons. The van der Waals surface area contributed by atoms with Gasteiger partial charge in [-0.3, -0.25) is 4.79 Å². The highest BCUT2D eigenvalue weighted by Crippen LogP contribution is 2.65. The lowest BCUT2D eigenvalue weighted by Crippen LogP contribution is -2.32. The number of carbonyl (C=O) groups is 2. The van der Waals surface area contributed by atoms with Gasteiger partial charge in [0.05, 0.1) is 5.97 Å². The molecule has 0 aromatic heterocycles. The average Bonchev–Trinajstić information content (AvgIpc) is 2.78. The first-order valence-corrected chi connectivity index (χ1v) is 7.61. The van der Waals surface area contributed by atoms with Crippen LogP contribution in [-0.4, -0.2) is 11.8 Å². The van der Waals surface area contributed by atoms with Crippen molar-refractivity contribution in [1.29, 1.82) is 0 Å². The van der Waals surface area contributed by atoms with Crippen molar-refractivity contribution in [1.82, 2.24) is 0 Å². The predicted molar refractivity (Wildman–Crippen MR) is 82.1 cm³/mol. The number of hydrogen-bond donors (Lipinski definition) is 1. The van der Waals surface area contributed by atoms with Crippen molar-refractivity contribution >= 4 is 17.4 Å². The third-order valence-corrected chi connectivity index (χ3v) is 5.90. The minimum atomic E-state index is -1.23. The Kier molecular flexibility index (Phi) is 3.17. The second-order valence-electron chi connectivity index (χ2n) is 7.05. The van der Waals surface area contributed by atoms with Gasteiger partial charge in [-0.05, 0) is 30.2 Å². The van der Waals surface area contributed by atoms with Crippen molar-refractivity contribution in [2.24, 2.45) is 16.7 Å². The summed E-state index contributed by atoms with van der Waals surface area (Å²) in [6.07, 6.45) is 3.63. The summed E-state index contributed by atoms with van der Waals surface area (Å²) in [5.74, 6) is -0.812. The van der Waals surface area contributed by atoms with E-state index in [1.165, 1.54) is 6.07 Å². The van der Waals surface area contributed by atoms with Crippen molar-refractivity contribution in [3.8, 4) is 0 Å². The van der Waals surface area contributed by atoms with Gasteiger partial charge < -0.3 is 15.2 Å². The maximum atomic E-state index is 12.7. The Hall–Kier alpha value is -2.10. The zero-order valence-electron chi connectivity index (χ0n) is 13.1. The molecule has 1 aromatic rings. The van der Waals surface area contributed by atoms with Crippen LogP contribution in [0.5, 0.6) is 0 Å². The van der Waals surface area contributed by atoms with E-state index in [1.807, 2.05) is 6.92 Å². The normalized spacial score (nSPS) is 30.8. The van der Waals surface area contributed by atoms with Crippen molar-refractivity contribution in [2.45, 2.75) is 33.6 Å². The van der Waals surface area contributed by atoms with E-state index in [-0.39, 0.29) is 28.1 Å². The third-order valence-electron chi connectivity index (χ3n) is 5.90. The lowest BCUT2D eigenvalue weighted by atomic mass is 9.70. The second kappa shape index (κ2) is 4.70. The summed E-state index contributed by atoms with van der Waals surface area (Å²) in [6, 6.07) is 6.56. The van der Waals surface area contributed by atoms with Crippen molar-refractivity contribution in [3.63, 3.8) is 0 Å². The van der Waals surface area contributed by atoms with Gasteiger partial charge in [0.25, 0.3) is 0 Å². The van der Waals surface area contributed by atoms with E-state index in [4.69, 9.17) is 0 Å². The predicted octanol–water partition coefficient (Wildman–Crippen LogP) is 2.37. The third kappa shape index (κ3) is 1.83. The lowest BCUT2D eigenvalue weighted by molar-refractivity contribution is -0.254. The Bertz CT molecular complexity index is 689. The maximum Gasteiger partial charge on any atom is 0.167 e. The molecule has 2 aliphatic carbocycles. The van der Waals surface area contributed by atoms with E-state index in [1.54, 1.807) is 24.4 Å². The monoisotopic (exact) mass is 298 g/mol. The van der Waals surface area contributed by atoms with Gasteiger partial charge in [0.2, 0.25) is 0 Å². The molecule has 2 aliphatic rings. The number of Topliss-reactive ketones (excluding diaryl/α,β-unsaturated/α-hetero) is 1. The fourth-order valence-electron chi connectivity index (χ4n) is 4.04. The first-order chi connectivity index (χ1) is 10.3. The van der Waals surface area contributed by atoms with Crippen molar-refractivity contribution in [2.75, 3.05) is 5.32 Å². The van der Waals surface area contributed by atoms with Gasteiger partial charge >= 0.3 is 0 Å². The zero-order valence-corrected chi connectivity index (χ0v) is 13.1. The summed E-state index contributed by atoms with van der Waals surface area (Å²) < 4.78 is 0.